The Hall–Kier alpha value is -0.860. The molecule has 1 aliphatic heterocycles. The van der Waals surface area contributed by atoms with Crippen LogP contribution in [0.25, 0.3) is 0 Å². The Morgan fingerprint density at radius 3 is 2.63 bits per heavy atom. The number of nitrogens with zero attached hydrogens (tertiary/aromatic N) is 1. The summed E-state index contributed by atoms with van der Waals surface area (Å²) in [6, 6.07) is 9.69. The summed E-state index contributed by atoms with van der Waals surface area (Å²) >= 11 is 0. The lowest BCUT2D eigenvalue weighted by Gasteiger charge is -2.35. The lowest BCUT2D eigenvalue weighted by molar-refractivity contribution is 0.0493. The molecule has 1 atom stereocenters. The average Bonchev–Trinajstić information content (AvgIpc) is 2.48. The van der Waals surface area contributed by atoms with Gasteiger partial charge in [-0.2, -0.15) is 0 Å². The maximum absolute atomic E-state index is 5.45. The first-order valence-electron chi connectivity index (χ1n) is 7.67. The molecule has 3 rings (SSSR count). The third-order valence-corrected chi connectivity index (χ3v) is 4.83. The number of hydrogen-bond acceptors (Lipinski definition) is 2. The summed E-state index contributed by atoms with van der Waals surface area (Å²) in [5, 5.41) is 0. The summed E-state index contributed by atoms with van der Waals surface area (Å²) in [5.41, 5.74) is 3.13. The van der Waals surface area contributed by atoms with Crippen LogP contribution in [0.3, 0.4) is 0 Å². The highest BCUT2D eigenvalue weighted by molar-refractivity contribution is 5.30. The molecule has 0 bridgehead atoms. The molecule has 2 nitrogen and oxygen atoms in total. The Labute approximate surface area is 116 Å². The topological polar surface area (TPSA) is 12.5 Å². The van der Waals surface area contributed by atoms with Crippen LogP contribution >= 0.6 is 0 Å². The number of fused-ring (bicyclic) bond motifs is 1. The molecule has 1 aromatic carbocycles. The number of likely N-dealkylation sites (N-methyl/N-ethyl adjacent to an activating group) is 1. The van der Waals surface area contributed by atoms with E-state index in [1.54, 1.807) is 11.1 Å². The van der Waals surface area contributed by atoms with Crippen LogP contribution in [0.15, 0.2) is 24.3 Å². The van der Waals surface area contributed by atoms with E-state index in [1.807, 2.05) is 0 Å². The van der Waals surface area contributed by atoms with Crippen molar-refractivity contribution in [3.8, 4) is 0 Å². The Balaban J connectivity index is 1.58. The Kier molecular flexibility index (Phi) is 4.19. The van der Waals surface area contributed by atoms with Crippen LogP contribution in [0, 0.1) is 5.92 Å². The predicted molar refractivity (Wildman–Crippen MR) is 78.4 cm³/mol. The second-order valence-corrected chi connectivity index (χ2v) is 6.16. The van der Waals surface area contributed by atoms with Gasteiger partial charge in [0.1, 0.15) is 0 Å². The van der Waals surface area contributed by atoms with Gasteiger partial charge < -0.3 is 9.64 Å². The van der Waals surface area contributed by atoms with E-state index in [9.17, 15) is 0 Å². The molecule has 1 heterocycles. The standard InChI is InChI=1S/C17H25NO/c1-18(13-14-8-10-19-11-9-14)17-7-6-15-4-2-3-5-16(15)12-17/h2-5,14,17H,6-13H2,1H3. The molecule has 2 aliphatic rings. The van der Waals surface area contributed by atoms with Gasteiger partial charge in [-0.15, -0.1) is 0 Å². The van der Waals surface area contributed by atoms with E-state index in [0.717, 1.165) is 25.2 Å². The molecule has 0 N–H and O–H groups in total. The molecule has 0 aromatic heterocycles. The predicted octanol–water partition coefficient (Wildman–Crippen LogP) is 2.90. The zero-order chi connectivity index (χ0) is 13.1. The smallest absolute Gasteiger partial charge is 0.0469 e. The number of rotatable bonds is 3. The van der Waals surface area contributed by atoms with Gasteiger partial charge in [0, 0.05) is 25.8 Å². The summed E-state index contributed by atoms with van der Waals surface area (Å²) in [6.07, 6.45) is 6.28. The van der Waals surface area contributed by atoms with Gasteiger partial charge in [-0.1, -0.05) is 24.3 Å². The lowest BCUT2D eigenvalue weighted by atomic mass is 9.87. The van der Waals surface area contributed by atoms with E-state index in [-0.39, 0.29) is 0 Å². The van der Waals surface area contributed by atoms with E-state index < -0.39 is 0 Å². The van der Waals surface area contributed by atoms with Crippen LogP contribution in [-0.2, 0) is 17.6 Å². The highest BCUT2D eigenvalue weighted by Gasteiger charge is 2.24. The SMILES string of the molecule is CN(CC1CCOCC1)C1CCc2ccccc2C1. The number of hydrogen-bond donors (Lipinski definition) is 0. The minimum atomic E-state index is 0.734. The molecule has 1 unspecified atom stereocenters. The van der Waals surface area contributed by atoms with Crippen LogP contribution < -0.4 is 0 Å². The molecule has 19 heavy (non-hydrogen) atoms. The monoisotopic (exact) mass is 259 g/mol. The third-order valence-electron chi connectivity index (χ3n) is 4.83. The summed E-state index contributed by atoms with van der Waals surface area (Å²) in [5.74, 6) is 0.843. The summed E-state index contributed by atoms with van der Waals surface area (Å²) < 4.78 is 5.45. The van der Waals surface area contributed by atoms with Crippen molar-refractivity contribution < 1.29 is 4.74 Å². The van der Waals surface area contributed by atoms with Crippen molar-refractivity contribution in [1.82, 2.24) is 4.90 Å². The molecule has 1 fully saturated rings. The fraction of sp³-hybridized carbons (Fsp3) is 0.647. The van der Waals surface area contributed by atoms with Crippen LogP contribution in [0.1, 0.15) is 30.4 Å². The number of benzene rings is 1. The van der Waals surface area contributed by atoms with Crippen molar-refractivity contribution in [2.45, 2.75) is 38.1 Å². The van der Waals surface area contributed by atoms with Crippen molar-refractivity contribution >= 4 is 0 Å². The van der Waals surface area contributed by atoms with Crippen molar-refractivity contribution in [3.63, 3.8) is 0 Å². The van der Waals surface area contributed by atoms with Crippen LogP contribution in [-0.4, -0.2) is 37.7 Å². The van der Waals surface area contributed by atoms with Gasteiger partial charge in [-0.05, 0) is 56.2 Å². The molecule has 104 valence electrons. The first-order chi connectivity index (χ1) is 9.33. The van der Waals surface area contributed by atoms with Crippen molar-refractivity contribution in [2.75, 3.05) is 26.8 Å². The normalized spacial score (nSPS) is 24.4. The zero-order valence-corrected chi connectivity index (χ0v) is 12.0. The summed E-state index contributed by atoms with van der Waals surface area (Å²) in [6.45, 7) is 3.17. The molecule has 0 spiro atoms. The van der Waals surface area contributed by atoms with Crippen LogP contribution in [0.5, 0.6) is 0 Å². The fourth-order valence-electron chi connectivity index (χ4n) is 3.54. The van der Waals surface area contributed by atoms with Gasteiger partial charge in [0.05, 0.1) is 0 Å². The molecule has 2 heteroatoms. The van der Waals surface area contributed by atoms with Crippen LogP contribution in [0.4, 0.5) is 0 Å². The minimum absolute atomic E-state index is 0.734. The Morgan fingerprint density at radius 1 is 1.11 bits per heavy atom. The van der Waals surface area contributed by atoms with Gasteiger partial charge >= 0.3 is 0 Å². The van der Waals surface area contributed by atoms with Gasteiger partial charge in [0.15, 0.2) is 0 Å². The van der Waals surface area contributed by atoms with Crippen molar-refractivity contribution in [3.05, 3.63) is 35.4 Å². The molecular weight excluding hydrogens is 234 g/mol. The number of ether oxygens (including phenoxy) is 1. The third kappa shape index (κ3) is 3.18. The molecule has 1 aromatic rings. The van der Waals surface area contributed by atoms with E-state index >= 15 is 0 Å². The quantitative estimate of drug-likeness (QED) is 0.827. The Morgan fingerprint density at radius 2 is 1.84 bits per heavy atom. The fourth-order valence-corrected chi connectivity index (χ4v) is 3.54. The molecule has 1 aliphatic carbocycles. The molecule has 0 radical (unpaired) electrons. The van der Waals surface area contributed by atoms with Crippen LogP contribution in [0.2, 0.25) is 0 Å². The number of aryl methyl sites for hydroxylation is 1. The zero-order valence-electron chi connectivity index (χ0n) is 12.0. The lowest BCUT2D eigenvalue weighted by Crippen LogP contribution is -2.40. The maximum Gasteiger partial charge on any atom is 0.0469 e. The molecule has 1 saturated heterocycles. The highest BCUT2D eigenvalue weighted by atomic mass is 16.5. The Bertz CT molecular complexity index is 411. The van der Waals surface area contributed by atoms with E-state index in [0.29, 0.717) is 0 Å². The second-order valence-electron chi connectivity index (χ2n) is 6.16. The first-order valence-corrected chi connectivity index (χ1v) is 7.67. The van der Waals surface area contributed by atoms with E-state index in [4.69, 9.17) is 4.74 Å². The highest BCUT2D eigenvalue weighted by Crippen LogP contribution is 2.25. The van der Waals surface area contributed by atoms with Crippen molar-refractivity contribution in [2.24, 2.45) is 5.92 Å². The van der Waals surface area contributed by atoms with Gasteiger partial charge in [0.2, 0.25) is 0 Å². The minimum Gasteiger partial charge on any atom is -0.381 e. The van der Waals surface area contributed by atoms with Gasteiger partial charge in [0.25, 0.3) is 0 Å². The summed E-state index contributed by atoms with van der Waals surface area (Å²) in [4.78, 5) is 2.60. The largest absolute Gasteiger partial charge is 0.381 e. The maximum atomic E-state index is 5.45. The average molecular weight is 259 g/mol. The van der Waals surface area contributed by atoms with Gasteiger partial charge in [-0.25, -0.2) is 0 Å². The summed E-state index contributed by atoms with van der Waals surface area (Å²) in [7, 11) is 2.31. The second kappa shape index (κ2) is 6.06. The molecule has 0 saturated carbocycles. The first kappa shape index (κ1) is 13.1. The van der Waals surface area contributed by atoms with E-state index in [1.165, 1.54) is 38.6 Å². The van der Waals surface area contributed by atoms with Gasteiger partial charge in [-0.3, -0.25) is 0 Å². The van der Waals surface area contributed by atoms with E-state index in [2.05, 4.69) is 36.2 Å². The molecule has 0 amide bonds. The molecular formula is C17H25NO. The van der Waals surface area contributed by atoms with Crippen molar-refractivity contribution in [1.29, 1.82) is 0 Å².